The molecule has 2 atom stereocenters. The van der Waals surface area contributed by atoms with Gasteiger partial charge in [0, 0.05) is 6.42 Å². The maximum atomic E-state index is 12.2. The number of imide groups is 1. The summed E-state index contributed by atoms with van der Waals surface area (Å²) in [4.78, 5) is 35.6. The second kappa shape index (κ2) is 5.19. The van der Waals surface area contributed by atoms with Gasteiger partial charge in [0.05, 0.1) is 12.5 Å². The highest BCUT2D eigenvalue weighted by Crippen LogP contribution is 2.30. The number of nitrogens with zero attached hydrogens (tertiary/aromatic N) is 1. The predicted molar refractivity (Wildman–Crippen MR) is 64.2 cm³/mol. The van der Waals surface area contributed by atoms with E-state index in [9.17, 15) is 14.4 Å². The Morgan fingerprint density at radius 2 is 1.95 bits per heavy atom. The summed E-state index contributed by atoms with van der Waals surface area (Å²) in [6, 6.07) is 7.21. The average Bonchev–Trinajstić information content (AvgIpc) is 2.68. The fourth-order valence-corrected chi connectivity index (χ4v) is 2.19. The van der Waals surface area contributed by atoms with Crippen molar-refractivity contribution in [2.24, 2.45) is 0 Å². The van der Waals surface area contributed by atoms with E-state index in [1.165, 1.54) is 0 Å². The number of amides is 2. The van der Waals surface area contributed by atoms with Crippen molar-refractivity contribution in [3.63, 3.8) is 0 Å². The molecule has 0 spiro atoms. The van der Waals surface area contributed by atoms with Crippen LogP contribution in [0, 0.1) is 0 Å². The number of aliphatic hydroxyl groups excluding tert-OH is 1. The number of carboxylic acids is 1. The number of carbonyl (C=O) groups is 3. The molecule has 1 heterocycles. The first-order valence-electron chi connectivity index (χ1n) is 5.80. The standard InChI is InChI=1S/C13H13NO5/c15-7-10(13(18)19)14-11(16)6-9(12(14)17)8-4-2-1-3-5-8/h1-5,9-10,15H,6-7H2,(H,18,19). The Labute approximate surface area is 109 Å². The van der Waals surface area contributed by atoms with E-state index >= 15 is 0 Å². The molecule has 0 radical (unpaired) electrons. The SMILES string of the molecule is O=C(O)C(CO)N1C(=O)CC(c2ccccc2)C1=O. The van der Waals surface area contributed by atoms with E-state index in [1.807, 2.05) is 0 Å². The van der Waals surface area contributed by atoms with Gasteiger partial charge in [0.15, 0.2) is 6.04 Å². The lowest BCUT2D eigenvalue weighted by molar-refractivity contribution is -0.156. The predicted octanol–water partition coefficient (Wildman–Crippen LogP) is -0.0254. The van der Waals surface area contributed by atoms with Crippen LogP contribution in [0.5, 0.6) is 0 Å². The molecular formula is C13H13NO5. The van der Waals surface area contributed by atoms with Gasteiger partial charge in [0.2, 0.25) is 11.8 Å². The molecule has 6 heteroatoms. The first-order valence-corrected chi connectivity index (χ1v) is 5.80. The van der Waals surface area contributed by atoms with Gasteiger partial charge in [-0.05, 0) is 5.56 Å². The summed E-state index contributed by atoms with van der Waals surface area (Å²) in [5.74, 6) is -3.20. The summed E-state index contributed by atoms with van der Waals surface area (Å²) in [6.07, 6.45) is -0.0629. The van der Waals surface area contributed by atoms with Gasteiger partial charge in [-0.25, -0.2) is 4.79 Å². The Kier molecular flexibility index (Phi) is 3.62. The fraction of sp³-hybridized carbons (Fsp3) is 0.308. The second-order valence-corrected chi connectivity index (χ2v) is 4.31. The third kappa shape index (κ3) is 2.34. The molecular weight excluding hydrogens is 250 g/mol. The lowest BCUT2D eigenvalue weighted by atomic mass is 9.98. The lowest BCUT2D eigenvalue weighted by Crippen LogP contribution is -2.47. The van der Waals surface area contributed by atoms with Gasteiger partial charge in [-0.1, -0.05) is 30.3 Å². The van der Waals surface area contributed by atoms with Crippen LogP contribution in [0.4, 0.5) is 0 Å². The average molecular weight is 263 g/mol. The van der Waals surface area contributed by atoms with Crippen LogP contribution in [-0.2, 0) is 14.4 Å². The van der Waals surface area contributed by atoms with E-state index in [4.69, 9.17) is 10.2 Å². The molecule has 2 amide bonds. The van der Waals surface area contributed by atoms with Crippen molar-refractivity contribution in [2.45, 2.75) is 18.4 Å². The molecule has 100 valence electrons. The molecule has 1 aromatic rings. The Morgan fingerprint density at radius 3 is 2.47 bits per heavy atom. The van der Waals surface area contributed by atoms with Crippen molar-refractivity contribution in [1.29, 1.82) is 0 Å². The van der Waals surface area contributed by atoms with Crippen molar-refractivity contribution < 1.29 is 24.6 Å². The molecule has 1 aliphatic rings. The molecule has 1 saturated heterocycles. The highest BCUT2D eigenvalue weighted by molar-refractivity contribution is 6.08. The number of carboxylic acid groups (broad SMARTS) is 1. The Balaban J connectivity index is 2.29. The van der Waals surface area contributed by atoms with E-state index in [-0.39, 0.29) is 6.42 Å². The summed E-state index contributed by atoms with van der Waals surface area (Å²) in [7, 11) is 0. The third-order valence-electron chi connectivity index (χ3n) is 3.15. The topological polar surface area (TPSA) is 94.9 Å². The summed E-state index contributed by atoms with van der Waals surface area (Å²) in [6.45, 7) is -0.783. The van der Waals surface area contributed by atoms with Gasteiger partial charge in [-0.15, -0.1) is 0 Å². The van der Waals surface area contributed by atoms with Crippen LogP contribution >= 0.6 is 0 Å². The van der Waals surface area contributed by atoms with Crippen LogP contribution in [-0.4, -0.2) is 45.5 Å². The molecule has 0 aliphatic carbocycles. The van der Waals surface area contributed by atoms with Gasteiger partial charge in [0.1, 0.15) is 0 Å². The lowest BCUT2D eigenvalue weighted by Gasteiger charge is -2.21. The summed E-state index contributed by atoms with van der Waals surface area (Å²) in [5, 5.41) is 17.9. The van der Waals surface area contributed by atoms with E-state index in [2.05, 4.69) is 0 Å². The maximum Gasteiger partial charge on any atom is 0.329 e. The summed E-state index contributed by atoms with van der Waals surface area (Å²) >= 11 is 0. The summed E-state index contributed by atoms with van der Waals surface area (Å²) in [5.41, 5.74) is 0.672. The van der Waals surface area contributed by atoms with Crippen molar-refractivity contribution in [3.05, 3.63) is 35.9 Å². The number of likely N-dealkylation sites (tertiary alicyclic amines) is 1. The number of benzene rings is 1. The number of rotatable bonds is 4. The number of hydrogen-bond acceptors (Lipinski definition) is 4. The van der Waals surface area contributed by atoms with Gasteiger partial charge in [-0.2, -0.15) is 0 Å². The van der Waals surface area contributed by atoms with Gasteiger partial charge < -0.3 is 10.2 Å². The number of aliphatic carboxylic acids is 1. The monoisotopic (exact) mass is 263 g/mol. The fourth-order valence-electron chi connectivity index (χ4n) is 2.19. The maximum absolute atomic E-state index is 12.2. The molecule has 1 aliphatic heterocycles. The van der Waals surface area contributed by atoms with Crippen LogP contribution in [0.1, 0.15) is 17.9 Å². The molecule has 6 nitrogen and oxygen atoms in total. The molecule has 2 rings (SSSR count). The van der Waals surface area contributed by atoms with Gasteiger partial charge >= 0.3 is 5.97 Å². The van der Waals surface area contributed by atoms with E-state index in [1.54, 1.807) is 30.3 Å². The van der Waals surface area contributed by atoms with Crippen molar-refractivity contribution in [2.75, 3.05) is 6.61 Å². The van der Waals surface area contributed by atoms with Crippen molar-refractivity contribution >= 4 is 17.8 Å². The Bertz CT molecular complexity index is 513. The first-order chi connectivity index (χ1) is 9.06. The number of carbonyl (C=O) groups excluding carboxylic acids is 2. The summed E-state index contributed by atoms with van der Waals surface area (Å²) < 4.78 is 0. The molecule has 1 fully saturated rings. The Hall–Kier alpha value is -2.21. The van der Waals surface area contributed by atoms with Crippen LogP contribution in [0.25, 0.3) is 0 Å². The van der Waals surface area contributed by atoms with Gasteiger partial charge in [-0.3, -0.25) is 14.5 Å². The largest absolute Gasteiger partial charge is 0.480 e. The zero-order valence-electron chi connectivity index (χ0n) is 10.0. The minimum atomic E-state index is -1.51. The molecule has 1 aromatic carbocycles. The van der Waals surface area contributed by atoms with Crippen molar-refractivity contribution in [1.82, 2.24) is 4.90 Å². The second-order valence-electron chi connectivity index (χ2n) is 4.31. The van der Waals surface area contributed by atoms with E-state index < -0.39 is 36.4 Å². The van der Waals surface area contributed by atoms with Crippen LogP contribution in [0.3, 0.4) is 0 Å². The zero-order valence-corrected chi connectivity index (χ0v) is 10.0. The molecule has 0 aromatic heterocycles. The normalized spacial score (nSPS) is 20.7. The smallest absolute Gasteiger partial charge is 0.329 e. The van der Waals surface area contributed by atoms with Crippen LogP contribution < -0.4 is 0 Å². The van der Waals surface area contributed by atoms with E-state index in [0.29, 0.717) is 10.5 Å². The molecule has 2 N–H and O–H groups in total. The van der Waals surface area contributed by atoms with E-state index in [0.717, 1.165) is 0 Å². The molecule has 2 unspecified atom stereocenters. The van der Waals surface area contributed by atoms with Crippen LogP contribution in [0.15, 0.2) is 30.3 Å². The quantitative estimate of drug-likeness (QED) is 0.744. The molecule has 19 heavy (non-hydrogen) atoms. The highest BCUT2D eigenvalue weighted by Gasteiger charge is 2.45. The van der Waals surface area contributed by atoms with Gasteiger partial charge in [0.25, 0.3) is 0 Å². The first kappa shape index (κ1) is 13.2. The molecule has 0 bridgehead atoms. The minimum Gasteiger partial charge on any atom is -0.480 e. The number of aliphatic hydroxyl groups is 1. The minimum absolute atomic E-state index is 0.0629. The zero-order chi connectivity index (χ0) is 14.0. The highest BCUT2D eigenvalue weighted by atomic mass is 16.4. The van der Waals surface area contributed by atoms with Crippen molar-refractivity contribution in [3.8, 4) is 0 Å². The third-order valence-corrected chi connectivity index (χ3v) is 3.15. The Morgan fingerprint density at radius 1 is 1.32 bits per heavy atom. The number of hydrogen-bond donors (Lipinski definition) is 2. The van der Waals surface area contributed by atoms with Crippen LogP contribution in [0.2, 0.25) is 0 Å². The molecule has 0 saturated carbocycles.